The van der Waals surface area contributed by atoms with Gasteiger partial charge in [0, 0.05) is 34.7 Å². The lowest BCUT2D eigenvalue weighted by atomic mass is 10.2. The van der Waals surface area contributed by atoms with Crippen LogP contribution >= 0.6 is 23.2 Å². The Morgan fingerprint density at radius 1 is 0.615 bits per heavy atom. The molecule has 9 heteroatoms. The van der Waals surface area contributed by atoms with Crippen LogP contribution in [0.5, 0.6) is 11.5 Å². The van der Waals surface area contributed by atoms with Crippen molar-refractivity contribution < 1.29 is 23.1 Å². The van der Waals surface area contributed by atoms with Crippen molar-refractivity contribution in [1.82, 2.24) is 0 Å². The van der Waals surface area contributed by atoms with E-state index < -0.39 is 23.4 Å². The van der Waals surface area contributed by atoms with Gasteiger partial charge in [0.1, 0.15) is 23.1 Å². The normalized spacial score (nSPS) is 11.1. The van der Waals surface area contributed by atoms with Crippen molar-refractivity contribution in [3.05, 3.63) is 130 Å². The van der Waals surface area contributed by atoms with Crippen LogP contribution in [0.15, 0.2) is 97.1 Å². The van der Waals surface area contributed by atoms with Crippen LogP contribution in [0.3, 0.4) is 0 Å². The van der Waals surface area contributed by atoms with Crippen LogP contribution in [0, 0.1) is 11.6 Å². The molecule has 0 aliphatic carbocycles. The number of benzene rings is 4. The number of rotatable bonds is 8. The fraction of sp³-hybridized carbons (Fsp3) is 0. The number of hydrogen-bond donors (Lipinski definition) is 2. The van der Waals surface area contributed by atoms with Crippen molar-refractivity contribution in [2.75, 3.05) is 10.6 Å². The molecule has 0 atom stereocenters. The second-order valence-electron chi connectivity index (χ2n) is 8.07. The summed E-state index contributed by atoms with van der Waals surface area (Å²) in [7, 11) is 0. The van der Waals surface area contributed by atoms with Crippen LogP contribution < -0.4 is 15.4 Å². The first-order valence-electron chi connectivity index (χ1n) is 11.5. The molecular weight excluding hydrogens is 545 g/mol. The average Bonchev–Trinajstić information content (AvgIpc) is 2.90. The van der Waals surface area contributed by atoms with Crippen molar-refractivity contribution in [2.24, 2.45) is 0 Å². The number of anilines is 2. The highest BCUT2D eigenvalue weighted by Crippen LogP contribution is 2.25. The molecule has 4 rings (SSSR count). The first-order chi connectivity index (χ1) is 18.8. The minimum absolute atomic E-state index is 0.132. The Morgan fingerprint density at radius 3 is 1.36 bits per heavy atom. The monoisotopic (exact) mass is 564 g/mol. The molecule has 2 N–H and O–H groups in total. The molecule has 0 saturated carbocycles. The molecule has 0 aliphatic heterocycles. The first kappa shape index (κ1) is 27.6. The Bertz CT molecular complexity index is 1400. The highest BCUT2D eigenvalue weighted by atomic mass is 35.5. The summed E-state index contributed by atoms with van der Waals surface area (Å²) in [4.78, 5) is 24.4. The maximum Gasteiger partial charge on any atom is 0.248 e. The summed E-state index contributed by atoms with van der Waals surface area (Å²) in [6.07, 6.45) is 5.01. The molecule has 0 fully saturated rings. The van der Waals surface area contributed by atoms with Crippen LogP contribution in [0.4, 0.5) is 20.2 Å². The van der Waals surface area contributed by atoms with Crippen molar-refractivity contribution in [3.8, 4) is 11.5 Å². The third-order valence-electron chi connectivity index (χ3n) is 5.28. The van der Waals surface area contributed by atoms with Gasteiger partial charge in [-0.05, 0) is 84.9 Å². The van der Waals surface area contributed by atoms with E-state index in [1.54, 1.807) is 48.5 Å². The van der Waals surface area contributed by atoms with Gasteiger partial charge >= 0.3 is 0 Å². The zero-order valence-electron chi connectivity index (χ0n) is 20.1. The van der Waals surface area contributed by atoms with Gasteiger partial charge in [0.15, 0.2) is 0 Å². The molecule has 4 aromatic rings. The highest BCUT2D eigenvalue weighted by Gasteiger charge is 2.07. The van der Waals surface area contributed by atoms with E-state index >= 15 is 0 Å². The minimum Gasteiger partial charge on any atom is -0.457 e. The van der Waals surface area contributed by atoms with Gasteiger partial charge < -0.3 is 15.4 Å². The van der Waals surface area contributed by atoms with Gasteiger partial charge in [-0.1, -0.05) is 35.3 Å². The largest absolute Gasteiger partial charge is 0.457 e. The summed E-state index contributed by atoms with van der Waals surface area (Å²) in [6, 6.07) is 21.8. The summed E-state index contributed by atoms with van der Waals surface area (Å²) in [5, 5.41) is 5.76. The smallest absolute Gasteiger partial charge is 0.248 e. The van der Waals surface area contributed by atoms with E-state index in [2.05, 4.69) is 10.6 Å². The Kier molecular flexibility index (Phi) is 9.10. The van der Waals surface area contributed by atoms with E-state index in [4.69, 9.17) is 27.9 Å². The van der Waals surface area contributed by atoms with E-state index in [0.717, 1.165) is 0 Å². The highest BCUT2D eigenvalue weighted by molar-refractivity contribution is 6.32. The summed E-state index contributed by atoms with van der Waals surface area (Å²) >= 11 is 11.9. The predicted octanol–water partition coefficient (Wildman–Crippen LogP) is 8.37. The van der Waals surface area contributed by atoms with E-state index in [9.17, 15) is 18.4 Å². The van der Waals surface area contributed by atoms with Gasteiger partial charge in [-0.2, -0.15) is 0 Å². The first-order valence-corrected chi connectivity index (χ1v) is 12.3. The van der Waals surface area contributed by atoms with Gasteiger partial charge in [0.05, 0.1) is 10.0 Å². The molecule has 0 saturated heterocycles. The molecule has 4 aromatic carbocycles. The van der Waals surface area contributed by atoms with Gasteiger partial charge in [-0.25, -0.2) is 8.78 Å². The van der Waals surface area contributed by atoms with E-state index in [1.807, 2.05) is 0 Å². The lowest BCUT2D eigenvalue weighted by Crippen LogP contribution is -2.07. The van der Waals surface area contributed by atoms with Crippen LogP contribution in [0.1, 0.15) is 11.1 Å². The topological polar surface area (TPSA) is 67.4 Å². The SMILES string of the molecule is O=C(C=Cc1c(F)cccc1Cl)Nc1ccc(Oc2ccc(NC(=O)C=Cc3c(F)cccc3Cl)cc2)cc1. The van der Waals surface area contributed by atoms with Crippen LogP contribution in [-0.4, -0.2) is 11.8 Å². The number of carbonyl (C=O) groups excluding carboxylic acids is 2. The molecule has 0 aliphatic rings. The zero-order chi connectivity index (χ0) is 27.8. The molecule has 0 heterocycles. The number of nitrogens with one attached hydrogen (secondary N) is 2. The van der Waals surface area contributed by atoms with Crippen LogP contribution in [0.2, 0.25) is 10.0 Å². The number of carbonyl (C=O) groups is 2. The molecule has 0 radical (unpaired) electrons. The molecule has 2 amide bonds. The zero-order valence-corrected chi connectivity index (χ0v) is 21.6. The molecule has 0 bridgehead atoms. The second kappa shape index (κ2) is 12.9. The quantitative estimate of drug-likeness (QED) is 0.211. The minimum atomic E-state index is -0.523. The summed E-state index contributed by atoms with van der Waals surface area (Å²) in [5.74, 6) is -0.915. The van der Waals surface area contributed by atoms with Crippen LogP contribution in [-0.2, 0) is 9.59 Å². The molecule has 0 spiro atoms. The van der Waals surface area contributed by atoms with Crippen molar-refractivity contribution in [2.45, 2.75) is 0 Å². The van der Waals surface area contributed by atoms with Gasteiger partial charge in [0.2, 0.25) is 11.8 Å². The Balaban J connectivity index is 1.29. The third-order valence-corrected chi connectivity index (χ3v) is 5.94. The van der Waals surface area contributed by atoms with Crippen molar-refractivity contribution >= 4 is 58.5 Å². The lowest BCUT2D eigenvalue weighted by molar-refractivity contribution is -0.112. The fourth-order valence-electron chi connectivity index (χ4n) is 3.37. The maximum absolute atomic E-state index is 13.8. The van der Waals surface area contributed by atoms with Gasteiger partial charge in [-0.3, -0.25) is 9.59 Å². The molecule has 0 aromatic heterocycles. The average molecular weight is 565 g/mol. The lowest BCUT2D eigenvalue weighted by Gasteiger charge is -2.08. The molecule has 5 nitrogen and oxygen atoms in total. The van der Waals surface area contributed by atoms with E-state index in [1.165, 1.54) is 60.7 Å². The second-order valence-corrected chi connectivity index (χ2v) is 8.88. The Hall–Kier alpha value is -4.46. The molecular formula is C30H20Cl2F2N2O3. The Morgan fingerprint density at radius 2 is 1.00 bits per heavy atom. The fourth-order valence-corrected chi connectivity index (χ4v) is 3.83. The Labute approximate surface area is 233 Å². The maximum atomic E-state index is 13.8. The summed E-state index contributed by atoms with van der Waals surface area (Å²) < 4.78 is 33.4. The standard InChI is InChI=1S/C30H20Cl2F2N2O3/c31-25-3-1-5-27(33)23(25)15-17-29(37)35-19-7-11-21(12-8-19)39-22-13-9-20(10-14-22)36-30(38)18-16-24-26(32)4-2-6-28(24)34/h1-18H,(H,35,37)(H,36,38). The summed E-state index contributed by atoms with van der Waals surface area (Å²) in [6.45, 7) is 0. The number of hydrogen-bond acceptors (Lipinski definition) is 3. The van der Waals surface area contributed by atoms with Gasteiger partial charge in [0.25, 0.3) is 0 Å². The molecule has 196 valence electrons. The van der Waals surface area contributed by atoms with E-state index in [-0.39, 0.29) is 21.2 Å². The predicted molar refractivity (Wildman–Crippen MR) is 151 cm³/mol. The van der Waals surface area contributed by atoms with Crippen molar-refractivity contribution in [1.29, 1.82) is 0 Å². The summed E-state index contributed by atoms with van der Waals surface area (Å²) in [5.41, 5.74) is 1.29. The number of amides is 2. The van der Waals surface area contributed by atoms with Crippen molar-refractivity contribution in [3.63, 3.8) is 0 Å². The molecule has 0 unspecified atom stereocenters. The number of ether oxygens (including phenoxy) is 1. The molecule has 39 heavy (non-hydrogen) atoms. The third kappa shape index (κ3) is 7.77. The van der Waals surface area contributed by atoms with Gasteiger partial charge in [-0.15, -0.1) is 0 Å². The van der Waals surface area contributed by atoms with E-state index in [0.29, 0.717) is 22.9 Å². The van der Waals surface area contributed by atoms with Crippen LogP contribution in [0.25, 0.3) is 12.2 Å². The number of halogens is 4.